The molecule has 0 fully saturated rings. The van der Waals surface area contributed by atoms with Gasteiger partial charge in [-0.25, -0.2) is 0 Å². The van der Waals surface area contributed by atoms with Gasteiger partial charge >= 0.3 is 99.5 Å². The molecule has 0 saturated heterocycles. The van der Waals surface area contributed by atoms with E-state index in [1.807, 2.05) is 12.1 Å². The van der Waals surface area contributed by atoms with Crippen LogP contribution in [0.25, 0.3) is 6.08 Å². The van der Waals surface area contributed by atoms with Crippen molar-refractivity contribution in [2.24, 2.45) is 0 Å². The van der Waals surface area contributed by atoms with Crippen LogP contribution in [0.5, 0.6) is 0 Å². The summed E-state index contributed by atoms with van der Waals surface area (Å²) in [5, 5.41) is 0. The molecule has 4 heteroatoms. The van der Waals surface area contributed by atoms with E-state index in [1.54, 1.807) is 0 Å². The average molecular weight is 283 g/mol. The number of hydrogen-bond acceptors (Lipinski definition) is 0. The van der Waals surface area contributed by atoms with E-state index >= 15 is 0 Å². The number of hydrogen-bond donors (Lipinski definition) is 0. The third-order valence-corrected chi connectivity index (χ3v) is 7.30. The maximum absolute atomic E-state index is 6.09. The van der Waals surface area contributed by atoms with Crippen molar-refractivity contribution >= 4 is 34.0 Å². The fraction of sp³-hybridized carbons (Fsp3) is 0.200. The zero-order valence-corrected chi connectivity index (χ0v) is 11.4. The quantitative estimate of drug-likeness (QED) is 0.657. The van der Waals surface area contributed by atoms with Gasteiger partial charge in [0.15, 0.2) is 0 Å². The van der Waals surface area contributed by atoms with Gasteiger partial charge in [0.05, 0.1) is 0 Å². The van der Waals surface area contributed by atoms with Gasteiger partial charge in [-0.15, -0.1) is 0 Å². The summed E-state index contributed by atoms with van der Waals surface area (Å²) < 4.78 is 0.0647. The maximum atomic E-state index is 6.09. The molecule has 0 bridgehead atoms. The van der Waals surface area contributed by atoms with Crippen LogP contribution in [-0.2, 0) is 13.4 Å². The molecule has 0 N–H and O–H groups in total. The van der Waals surface area contributed by atoms with Crippen LogP contribution < -0.4 is 0 Å². The first-order chi connectivity index (χ1) is 6.50. The Balaban J connectivity index is 2.51. The van der Waals surface area contributed by atoms with Gasteiger partial charge in [0.25, 0.3) is 0 Å². The fourth-order valence-electron chi connectivity index (χ4n) is 1.78. The normalized spacial score (nSPS) is 19.9. The summed E-state index contributed by atoms with van der Waals surface area (Å²) in [6.07, 6.45) is 4.10. The topological polar surface area (TPSA) is 0 Å². The molecule has 1 aliphatic rings. The first-order valence-electron chi connectivity index (χ1n) is 4.34. The third kappa shape index (κ3) is 1.92. The van der Waals surface area contributed by atoms with E-state index in [1.165, 1.54) is 16.7 Å². The summed E-state index contributed by atoms with van der Waals surface area (Å²) in [7, 11) is 18.3. The first kappa shape index (κ1) is 11.0. The molecule has 74 valence electrons. The summed E-state index contributed by atoms with van der Waals surface area (Å²) in [5.41, 5.74) is 3.66. The Kier molecular flexibility index (Phi) is 3.03. The molecule has 1 atom stereocenters. The predicted octanol–water partition coefficient (Wildman–Crippen LogP) is 4.68. The molecule has 0 heterocycles. The number of halogens is 3. The molecular weight excluding hydrogens is 274 g/mol. The summed E-state index contributed by atoms with van der Waals surface area (Å²) in [6.45, 7) is 2.08. The Morgan fingerprint density at radius 2 is 1.93 bits per heavy atom. The zero-order chi connectivity index (χ0) is 10.3. The van der Waals surface area contributed by atoms with Crippen LogP contribution in [0.2, 0.25) is 0 Å². The van der Waals surface area contributed by atoms with Crippen LogP contribution >= 0.6 is 27.9 Å². The third-order valence-electron chi connectivity index (χ3n) is 2.50. The van der Waals surface area contributed by atoms with Crippen molar-refractivity contribution in [1.29, 1.82) is 0 Å². The molecule has 0 spiro atoms. The van der Waals surface area contributed by atoms with E-state index in [0.717, 1.165) is 0 Å². The zero-order valence-electron chi connectivity index (χ0n) is 7.60. The van der Waals surface area contributed by atoms with E-state index in [-0.39, 0.29) is 4.22 Å². The minimum absolute atomic E-state index is 0.0647. The van der Waals surface area contributed by atoms with Crippen LogP contribution in [0, 0.1) is 6.92 Å². The van der Waals surface area contributed by atoms with Crippen LogP contribution in [0.1, 0.15) is 20.9 Å². The van der Waals surface area contributed by atoms with Gasteiger partial charge in [-0.3, -0.25) is 0 Å². The molecule has 0 nitrogen and oxygen atoms in total. The second-order valence-corrected chi connectivity index (χ2v) is 15.9. The van der Waals surface area contributed by atoms with Gasteiger partial charge in [-0.05, 0) is 0 Å². The Labute approximate surface area is 98.8 Å². The van der Waals surface area contributed by atoms with Crippen LogP contribution in [0.15, 0.2) is 24.3 Å². The molecule has 1 aromatic rings. The van der Waals surface area contributed by atoms with E-state index in [9.17, 15) is 0 Å². The van der Waals surface area contributed by atoms with Gasteiger partial charge in [0.1, 0.15) is 0 Å². The first-order valence-corrected chi connectivity index (χ1v) is 11.7. The molecule has 14 heavy (non-hydrogen) atoms. The Bertz CT molecular complexity index is 393. The number of benzene rings is 1. The van der Waals surface area contributed by atoms with E-state index in [2.05, 4.69) is 25.1 Å². The molecule has 1 unspecified atom stereocenters. The summed E-state index contributed by atoms with van der Waals surface area (Å²) in [4.78, 5) is 0. The van der Waals surface area contributed by atoms with Gasteiger partial charge < -0.3 is 0 Å². The Morgan fingerprint density at radius 1 is 1.21 bits per heavy atom. The Morgan fingerprint density at radius 3 is 2.57 bits per heavy atom. The van der Waals surface area contributed by atoms with Crippen molar-refractivity contribution < 1.29 is 13.4 Å². The summed E-state index contributed by atoms with van der Waals surface area (Å²) >= 11 is -3.16. The summed E-state index contributed by atoms with van der Waals surface area (Å²) in [6, 6.07) is 6.16. The molecule has 0 amide bonds. The van der Waals surface area contributed by atoms with E-state index in [4.69, 9.17) is 27.9 Å². The van der Waals surface area contributed by atoms with E-state index < -0.39 is 13.4 Å². The molecule has 0 aromatic heterocycles. The van der Waals surface area contributed by atoms with Crippen molar-refractivity contribution in [3.8, 4) is 0 Å². The average Bonchev–Trinajstić information content (AvgIpc) is 2.47. The van der Waals surface area contributed by atoms with Gasteiger partial charge in [0.2, 0.25) is 0 Å². The molecular formula is C10H9Cl3Ti. The number of aryl methyl sites for hydroxylation is 1. The standard InChI is InChI=1S/C10H9.3ClH.Ti/c1-8-4-2-5-9-6-3-7-10(8)9;;;;/h2-7H,1H3;3*1H;/q;;;;+3/p-3. The Hall–Kier alpha value is 0.544. The summed E-state index contributed by atoms with van der Waals surface area (Å²) in [5.74, 6) is 0. The molecule has 2 rings (SSSR count). The molecule has 1 aromatic carbocycles. The van der Waals surface area contributed by atoms with Crippen molar-refractivity contribution in [3.63, 3.8) is 0 Å². The van der Waals surface area contributed by atoms with Gasteiger partial charge in [0, 0.05) is 0 Å². The molecule has 0 radical (unpaired) electrons. The molecule has 1 aliphatic carbocycles. The minimum atomic E-state index is -3.16. The predicted molar refractivity (Wildman–Crippen MR) is 60.5 cm³/mol. The van der Waals surface area contributed by atoms with Crippen molar-refractivity contribution in [2.45, 2.75) is 11.1 Å². The van der Waals surface area contributed by atoms with Crippen LogP contribution in [-0.4, -0.2) is 0 Å². The van der Waals surface area contributed by atoms with Crippen LogP contribution in [0.3, 0.4) is 0 Å². The number of allylic oxidation sites excluding steroid dienone is 1. The van der Waals surface area contributed by atoms with Gasteiger partial charge in [-0.1, -0.05) is 0 Å². The van der Waals surface area contributed by atoms with E-state index in [0.29, 0.717) is 0 Å². The van der Waals surface area contributed by atoms with Crippen molar-refractivity contribution in [3.05, 3.63) is 41.0 Å². The number of rotatable bonds is 1. The second kappa shape index (κ2) is 3.84. The van der Waals surface area contributed by atoms with Crippen molar-refractivity contribution in [1.82, 2.24) is 0 Å². The van der Waals surface area contributed by atoms with Crippen LogP contribution in [0.4, 0.5) is 0 Å². The fourth-order valence-corrected chi connectivity index (χ4v) is 5.57. The number of fused-ring (bicyclic) bond motifs is 1. The SMILES string of the molecule is Cc1cccc2c1C=C[CH]2[Ti]([Cl])([Cl])[Cl]. The van der Waals surface area contributed by atoms with Gasteiger partial charge in [-0.2, -0.15) is 0 Å². The molecule has 0 aliphatic heterocycles. The van der Waals surface area contributed by atoms with Crippen molar-refractivity contribution in [2.75, 3.05) is 0 Å². The monoisotopic (exact) mass is 282 g/mol. The molecule has 0 saturated carbocycles. The second-order valence-electron chi connectivity index (χ2n) is 3.46.